The molecule has 0 aromatic heterocycles. The van der Waals surface area contributed by atoms with Gasteiger partial charge in [-0.05, 0) is 24.8 Å². The Labute approximate surface area is 111 Å². The SMILES string of the molecule is C=CCCCCCCCC(Cl)c1ccccc1. The molecule has 0 spiro atoms. The van der Waals surface area contributed by atoms with E-state index in [9.17, 15) is 0 Å². The molecule has 0 aliphatic heterocycles. The van der Waals surface area contributed by atoms with Crippen LogP contribution in [0.3, 0.4) is 0 Å². The molecule has 0 amide bonds. The molecule has 1 atom stereocenters. The summed E-state index contributed by atoms with van der Waals surface area (Å²) < 4.78 is 0. The van der Waals surface area contributed by atoms with Crippen LogP contribution in [0.25, 0.3) is 0 Å². The average Bonchev–Trinajstić information content (AvgIpc) is 2.38. The lowest BCUT2D eigenvalue weighted by Crippen LogP contribution is -1.90. The Morgan fingerprint density at radius 2 is 1.65 bits per heavy atom. The summed E-state index contributed by atoms with van der Waals surface area (Å²) >= 11 is 6.36. The number of alkyl halides is 1. The number of hydrogen-bond acceptors (Lipinski definition) is 0. The summed E-state index contributed by atoms with van der Waals surface area (Å²) in [7, 11) is 0. The van der Waals surface area contributed by atoms with Crippen molar-refractivity contribution in [2.24, 2.45) is 0 Å². The van der Waals surface area contributed by atoms with Crippen LogP contribution in [0.2, 0.25) is 0 Å². The van der Waals surface area contributed by atoms with E-state index in [1.165, 1.54) is 37.7 Å². The summed E-state index contributed by atoms with van der Waals surface area (Å²) in [5.41, 5.74) is 1.25. The topological polar surface area (TPSA) is 0 Å². The van der Waals surface area contributed by atoms with Gasteiger partial charge in [0.25, 0.3) is 0 Å². The van der Waals surface area contributed by atoms with E-state index in [1.807, 2.05) is 12.1 Å². The first-order valence-electron chi connectivity index (χ1n) is 6.64. The molecule has 17 heavy (non-hydrogen) atoms. The van der Waals surface area contributed by atoms with Crippen molar-refractivity contribution < 1.29 is 0 Å². The zero-order valence-corrected chi connectivity index (χ0v) is 11.3. The van der Waals surface area contributed by atoms with Gasteiger partial charge in [0.15, 0.2) is 0 Å². The first-order chi connectivity index (χ1) is 8.34. The van der Waals surface area contributed by atoms with Crippen molar-refractivity contribution in [2.45, 2.75) is 50.3 Å². The predicted molar refractivity (Wildman–Crippen MR) is 77.6 cm³/mol. The summed E-state index contributed by atoms with van der Waals surface area (Å²) in [4.78, 5) is 0. The van der Waals surface area contributed by atoms with E-state index in [0.29, 0.717) is 0 Å². The standard InChI is InChI=1S/C16H23Cl/c1-2-3-4-5-6-7-11-14-16(17)15-12-9-8-10-13-15/h2,8-10,12-13,16H,1,3-7,11,14H2. The van der Waals surface area contributed by atoms with Crippen molar-refractivity contribution in [3.05, 3.63) is 48.6 Å². The lowest BCUT2D eigenvalue weighted by molar-refractivity contribution is 0.592. The van der Waals surface area contributed by atoms with Crippen LogP contribution >= 0.6 is 11.6 Å². The van der Waals surface area contributed by atoms with Crippen LogP contribution in [0, 0.1) is 0 Å². The second kappa shape index (κ2) is 9.30. The summed E-state index contributed by atoms with van der Waals surface area (Å²) in [5, 5.41) is 0.185. The summed E-state index contributed by atoms with van der Waals surface area (Å²) in [6, 6.07) is 10.4. The molecule has 0 nitrogen and oxygen atoms in total. The minimum Gasteiger partial charge on any atom is -0.118 e. The molecule has 0 fully saturated rings. The minimum absolute atomic E-state index is 0.185. The number of hydrogen-bond donors (Lipinski definition) is 0. The fourth-order valence-electron chi connectivity index (χ4n) is 1.97. The molecular formula is C16H23Cl. The van der Waals surface area contributed by atoms with E-state index < -0.39 is 0 Å². The van der Waals surface area contributed by atoms with Gasteiger partial charge in [-0.1, -0.05) is 62.1 Å². The highest BCUT2D eigenvalue weighted by Gasteiger charge is 2.05. The molecule has 0 aliphatic rings. The van der Waals surface area contributed by atoms with E-state index in [1.54, 1.807) is 0 Å². The molecule has 1 aromatic rings. The van der Waals surface area contributed by atoms with Crippen molar-refractivity contribution in [3.63, 3.8) is 0 Å². The Morgan fingerprint density at radius 1 is 1.00 bits per heavy atom. The summed E-state index contributed by atoms with van der Waals surface area (Å²) in [5.74, 6) is 0. The Balaban J connectivity index is 2.05. The zero-order chi connectivity index (χ0) is 12.3. The van der Waals surface area contributed by atoms with Crippen molar-refractivity contribution in [1.82, 2.24) is 0 Å². The fourth-order valence-corrected chi connectivity index (χ4v) is 2.27. The molecule has 0 saturated carbocycles. The number of unbranched alkanes of at least 4 members (excludes halogenated alkanes) is 5. The lowest BCUT2D eigenvalue weighted by Gasteiger charge is -2.09. The Hall–Kier alpha value is -0.750. The quantitative estimate of drug-likeness (QED) is 0.292. The first-order valence-corrected chi connectivity index (χ1v) is 7.08. The highest BCUT2D eigenvalue weighted by molar-refractivity contribution is 6.20. The molecule has 1 heteroatoms. The maximum atomic E-state index is 6.36. The summed E-state index contributed by atoms with van der Waals surface area (Å²) in [6.45, 7) is 3.73. The molecular weight excluding hydrogens is 228 g/mol. The maximum absolute atomic E-state index is 6.36. The van der Waals surface area contributed by atoms with Crippen LogP contribution in [0.15, 0.2) is 43.0 Å². The Bertz CT molecular complexity index is 292. The van der Waals surface area contributed by atoms with Gasteiger partial charge >= 0.3 is 0 Å². The van der Waals surface area contributed by atoms with Gasteiger partial charge in [-0.2, -0.15) is 0 Å². The van der Waals surface area contributed by atoms with Gasteiger partial charge in [-0.15, -0.1) is 18.2 Å². The zero-order valence-electron chi connectivity index (χ0n) is 10.6. The van der Waals surface area contributed by atoms with Gasteiger partial charge in [0.2, 0.25) is 0 Å². The van der Waals surface area contributed by atoms with Gasteiger partial charge in [0, 0.05) is 0 Å². The molecule has 1 aromatic carbocycles. The number of benzene rings is 1. The van der Waals surface area contributed by atoms with Gasteiger partial charge in [0.1, 0.15) is 0 Å². The molecule has 0 N–H and O–H groups in total. The first kappa shape index (κ1) is 14.3. The van der Waals surface area contributed by atoms with Crippen LogP contribution in [0.5, 0.6) is 0 Å². The van der Waals surface area contributed by atoms with Crippen LogP contribution < -0.4 is 0 Å². The lowest BCUT2D eigenvalue weighted by atomic mass is 10.0. The largest absolute Gasteiger partial charge is 0.118 e. The number of allylic oxidation sites excluding steroid dienone is 1. The monoisotopic (exact) mass is 250 g/mol. The maximum Gasteiger partial charge on any atom is 0.0585 e. The Morgan fingerprint density at radius 3 is 2.35 bits per heavy atom. The third kappa shape index (κ3) is 6.53. The van der Waals surface area contributed by atoms with E-state index in [-0.39, 0.29) is 5.38 Å². The molecule has 0 bridgehead atoms. The molecule has 1 unspecified atom stereocenters. The second-order valence-electron chi connectivity index (χ2n) is 4.51. The molecule has 0 heterocycles. The van der Waals surface area contributed by atoms with Crippen LogP contribution in [0.1, 0.15) is 55.9 Å². The van der Waals surface area contributed by atoms with Crippen molar-refractivity contribution in [1.29, 1.82) is 0 Å². The molecule has 1 rings (SSSR count). The third-order valence-electron chi connectivity index (χ3n) is 3.03. The average molecular weight is 251 g/mol. The summed E-state index contributed by atoms with van der Waals surface area (Å²) in [6.07, 6.45) is 10.7. The van der Waals surface area contributed by atoms with Gasteiger partial charge in [-0.3, -0.25) is 0 Å². The van der Waals surface area contributed by atoms with E-state index >= 15 is 0 Å². The van der Waals surface area contributed by atoms with Gasteiger partial charge in [0.05, 0.1) is 5.38 Å². The van der Waals surface area contributed by atoms with E-state index in [0.717, 1.165) is 12.8 Å². The number of halogens is 1. The Kier molecular flexibility index (Phi) is 7.83. The van der Waals surface area contributed by atoms with Crippen LogP contribution in [-0.2, 0) is 0 Å². The normalized spacial score (nSPS) is 12.3. The van der Waals surface area contributed by atoms with Gasteiger partial charge < -0.3 is 0 Å². The predicted octanol–water partition coefficient (Wildman–Crippen LogP) is 5.88. The molecule has 0 radical (unpaired) electrons. The van der Waals surface area contributed by atoms with Crippen molar-refractivity contribution in [2.75, 3.05) is 0 Å². The van der Waals surface area contributed by atoms with Gasteiger partial charge in [-0.25, -0.2) is 0 Å². The molecule has 94 valence electrons. The second-order valence-corrected chi connectivity index (χ2v) is 5.04. The molecule has 0 saturated heterocycles. The third-order valence-corrected chi connectivity index (χ3v) is 3.50. The van der Waals surface area contributed by atoms with Crippen LogP contribution in [0.4, 0.5) is 0 Å². The van der Waals surface area contributed by atoms with Crippen molar-refractivity contribution in [3.8, 4) is 0 Å². The van der Waals surface area contributed by atoms with Crippen molar-refractivity contribution >= 4 is 11.6 Å². The van der Waals surface area contributed by atoms with E-state index in [2.05, 4.69) is 30.8 Å². The fraction of sp³-hybridized carbons (Fsp3) is 0.500. The smallest absolute Gasteiger partial charge is 0.0585 e. The molecule has 0 aliphatic carbocycles. The highest BCUT2D eigenvalue weighted by atomic mass is 35.5. The number of rotatable bonds is 9. The van der Waals surface area contributed by atoms with E-state index in [4.69, 9.17) is 11.6 Å². The highest BCUT2D eigenvalue weighted by Crippen LogP contribution is 2.26. The minimum atomic E-state index is 0.185. The van der Waals surface area contributed by atoms with Crippen LogP contribution in [-0.4, -0.2) is 0 Å².